The highest BCUT2D eigenvalue weighted by Crippen LogP contribution is 2.52. The number of phenols is 1. The molecule has 3 aliphatic carbocycles. The van der Waals surface area contributed by atoms with Gasteiger partial charge in [0.25, 0.3) is 0 Å². The summed E-state index contributed by atoms with van der Waals surface area (Å²) in [6.45, 7) is 1.97. The first-order chi connectivity index (χ1) is 15.6. The van der Waals surface area contributed by atoms with Crippen molar-refractivity contribution in [3.63, 3.8) is 0 Å². The van der Waals surface area contributed by atoms with Crippen LogP contribution < -0.4 is 5.73 Å². The number of carbonyl (C=O) groups excluding carboxylic acids is 3. The SMILES string of the molecule is Cc1ccc(-c2ccc(O)c3c2C[C@H]2C[C@H]4CC(O)C(C(N)=O)C(=O)[C@@]4(O)C(=O)C2=C3O)s1. The quantitative estimate of drug-likeness (QED) is 0.418. The standard InChI is InChI=1S/C24H23NO7S/c1-9-2-5-16(33-9)12-3-4-14(26)18-13(12)7-10-6-11-8-15(27)19(23(25)31)22(30)24(11,32)21(29)17(10)20(18)28/h2-5,10-11,15,19,26-28,32H,6-8H2,1H3,(H2,25,31)/t10-,11+,15?,19?,24+/m1/s1. The molecule has 2 saturated carbocycles. The summed E-state index contributed by atoms with van der Waals surface area (Å²) < 4.78 is 0. The molecule has 0 bridgehead atoms. The van der Waals surface area contributed by atoms with Gasteiger partial charge in [0.05, 0.1) is 11.7 Å². The number of phenolic OH excluding ortho intramolecular Hbond substituents is 1. The predicted octanol–water partition coefficient (Wildman–Crippen LogP) is 1.63. The van der Waals surface area contributed by atoms with Crippen molar-refractivity contribution in [2.24, 2.45) is 23.5 Å². The molecule has 1 amide bonds. The fourth-order valence-electron chi connectivity index (χ4n) is 5.74. The minimum atomic E-state index is -2.56. The monoisotopic (exact) mass is 469 g/mol. The number of hydrogen-bond acceptors (Lipinski definition) is 8. The van der Waals surface area contributed by atoms with Crippen LogP contribution in [0, 0.1) is 24.7 Å². The van der Waals surface area contributed by atoms with Crippen LogP contribution in [-0.2, 0) is 20.8 Å². The van der Waals surface area contributed by atoms with E-state index in [0.29, 0.717) is 12.0 Å². The fourth-order valence-corrected chi connectivity index (χ4v) is 6.66. The van der Waals surface area contributed by atoms with Crippen LogP contribution in [0.25, 0.3) is 16.2 Å². The maximum absolute atomic E-state index is 13.5. The van der Waals surface area contributed by atoms with Crippen molar-refractivity contribution in [3.05, 3.63) is 45.8 Å². The van der Waals surface area contributed by atoms with Crippen molar-refractivity contribution in [1.29, 1.82) is 0 Å². The highest BCUT2D eigenvalue weighted by Gasteiger charge is 2.63. The van der Waals surface area contributed by atoms with E-state index < -0.39 is 52.7 Å². The van der Waals surface area contributed by atoms with Crippen molar-refractivity contribution in [2.45, 2.75) is 37.9 Å². The number of amides is 1. The van der Waals surface area contributed by atoms with Gasteiger partial charge in [-0.25, -0.2) is 0 Å². The maximum Gasteiger partial charge on any atom is 0.230 e. The van der Waals surface area contributed by atoms with Gasteiger partial charge in [0.2, 0.25) is 11.7 Å². The molecule has 0 spiro atoms. The van der Waals surface area contributed by atoms with Crippen LogP contribution >= 0.6 is 11.3 Å². The van der Waals surface area contributed by atoms with Crippen LogP contribution in [0.4, 0.5) is 0 Å². The zero-order valence-electron chi connectivity index (χ0n) is 17.7. The van der Waals surface area contributed by atoms with Crippen LogP contribution in [0.5, 0.6) is 5.75 Å². The molecule has 8 nitrogen and oxygen atoms in total. The van der Waals surface area contributed by atoms with Gasteiger partial charge in [-0.2, -0.15) is 0 Å². The number of primary amides is 1. The summed E-state index contributed by atoms with van der Waals surface area (Å²) >= 11 is 1.56. The van der Waals surface area contributed by atoms with Gasteiger partial charge in [-0.1, -0.05) is 0 Å². The minimum absolute atomic E-state index is 0.106. The molecule has 0 saturated heterocycles. The Morgan fingerprint density at radius 2 is 1.88 bits per heavy atom. The second-order valence-corrected chi connectivity index (χ2v) is 10.4. The third kappa shape index (κ3) is 2.92. The lowest BCUT2D eigenvalue weighted by Gasteiger charge is -2.48. The normalized spacial score (nSPS) is 31.1. The van der Waals surface area contributed by atoms with Crippen molar-refractivity contribution < 1.29 is 34.8 Å². The molecule has 1 aromatic carbocycles. The molecular formula is C24H23NO7S. The highest BCUT2D eigenvalue weighted by molar-refractivity contribution is 7.15. The summed E-state index contributed by atoms with van der Waals surface area (Å²) in [5.41, 5.74) is 4.17. The van der Waals surface area contributed by atoms with E-state index in [4.69, 9.17) is 5.73 Å². The summed E-state index contributed by atoms with van der Waals surface area (Å²) in [6.07, 6.45) is -1.09. The first kappa shape index (κ1) is 21.8. The summed E-state index contributed by atoms with van der Waals surface area (Å²) in [5.74, 6) is -7.08. The smallest absolute Gasteiger partial charge is 0.230 e. The number of aliphatic hydroxyl groups is 3. The number of carbonyl (C=O) groups is 3. The number of hydrogen-bond donors (Lipinski definition) is 5. The van der Waals surface area contributed by atoms with Crippen molar-refractivity contribution in [3.8, 4) is 16.2 Å². The Balaban J connectivity index is 1.67. The number of nitrogens with two attached hydrogens (primary N) is 1. The lowest BCUT2D eigenvalue weighted by atomic mass is 9.56. The zero-order valence-corrected chi connectivity index (χ0v) is 18.6. The Bertz CT molecular complexity index is 1260. The Labute approximate surface area is 193 Å². The molecule has 172 valence electrons. The van der Waals surface area contributed by atoms with E-state index in [1.165, 1.54) is 6.07 Å². The molecule has 0 radical (unpaired) electrons. The number of aromatic hydroxyl groups is 1. The lowest BCUT2D eigenvalue weighted by molar-refractivity contribution is -0.174. The number of rotatable bonds is 2. The van der Waals surface area contributed by atoms with Gasteiger partial charge in [-0.15, -0.1) is 11.3 Å². The van der Waals surface area contributed by atoms with E-state index in [1.807, 2.05) is 19.1 Å². The second-order valence-electron chi connectivity index (χ2n) is 9.13. The molecule has 9 heteroatoms. The molecule has 0 aliphatic heterocycles. The van der Waals surface area contributed by atoms with Crippen molar-refractivity contribution in [1.82, 2.24) is 0 Å². The number of Topliss-reactive ketones (excluding diaryl/α,β-unsaturated/α-hetero) is 2. The summed E-state index contributed by atoms with van der Waals surface area (Å²) in [4.78, 5) is 40.3. The molecule has 2 unspecified atom stereocenters. The number of fused-ring (bicyclic) bond motifs is 3. The van der Waals surface area contributed by atoms with Crippen LogP contribution in [0.3, 0.4) is 0 Å². The lowest BCUT2D eigenvalue weighted by Crippen LogP contribution is -2.66. The summed E-state index contributed by atoms with van der Waals surface area (Å²) in [6, 6.07) is 7.13. The Morgan fingerprint density at radius 1 is 1.15 bits per heavy atom. The highest BCUT2D eigenvalue weighted by atomic mass is 32.1. The van der Waals surface area contributed by atoms with Crippen LogP contribution in [0.15, 0.2) is 29.8 Å². The van der Waals surface area contributed by atoms with Gasteiger partial charge >= 0.3 is 0 Å². The number of thiophene rings is 1. The third-order valence-corrected chi connectivity index (χ3v) is 8.31. The number of aryl methyl sites for hydroxylation is 1. The van der Waals surface area contributed by atoms with E-state index in [0.717, 1.165) is 15.3 Å². The van der Waals surface area contributed by atoms with E-state index in [-0.39, 0.29) is 29.7 Å². The van der Waals surface area contributed by atoms with Gasteiger partial charge in [0.1, 0.15) is 17.4 Å². The molecule has 33 heavy (non-hydrogen) atoms. The number of ketones is 2. The first-order valence-electron chi connectivity index (χ1n) is 10.7. The average Bonchev–Trinajstić information content (AvgIpc) is 3.16. The van der Waals surface area contributed by atoms with Crippen LogP contribution in [0.1, 0.15) is 28.8 Å². The third-order valence-electron chi connectivity index (χ3n) is 7.27. The fraction of sp³-hybridized carbons (Fsp3) is 0.375. The molecule has 3 aliphatic rings. The second kappa shape index (κ2) is 7.24. The summed E-state index contributed by atoms with van der Waals surface area (Å²) in [5, 5.41) is 43.3. The molecule has 5 rings (SSSR count). The van der Waals surface area contributed by atoms with Gasteiger partial charge in [0.15, 0.2) is 11.4 Å². The molecular weight excluding hydrogens is 446 g/mol. The molecule has 5 atom stereocenters. The Morgan fingerprint density at radius 3 is 2.52 bits per heavy atom. The van der Waals surface area contributed by atoms with Gasteiger partial charge < -0.3 is 26.2 Å². The number of aliphatic hydroxyl groups excluding tert-OH is 2. The van der Waals surface area contributed by atoms with Gasteiger partial charge in [-0.05, 0) is 67.5 Å². The molecule has 2 aromatic rings. The first-order valence-corrected chi connectivity index (χ1v) is 11.5. The molecule has 2 fully saturated rings. The summed E-state index contributed by atoms with van der Waals surface area (Å²) in [7, 11) is 0. The Kier molecular flexibility index (Phi) is 4.79. The van der Waals surface area contributed by atoms with E-state index in [2.05, 4.69) is 0 Å². The van der Waals surface area contributed by atoms with Crippen molar-refractivity contribution in [2.75, 3.05) is 0 Å². The molecule has 1 heterocycles. The van der Waals surface area contributed by atoms with E-state index in [1.54, 1.807) is 17.4 Å². The predicted molar refractivity (Wildman–Crippen MR) is 119 cm³/mol. The Hall–Kier alpha value is -3.01. The molecule has 1 aromatic heterocycles. The van der Waals surface area contributed by atoms with Crippen molar-refractivity contribution >= 4 is 34.6 Å². The largest absolute Gasteiger partial charge is 0.507 e. The van der Waals surface area contributed by atoms with Crippen LogP contribution in [0.2, 0.25) is 0 Å². The van der Waals surface area contributed by atoms with E-state index in [9.17, 15) is 34.8 Å². The maximum atomic E-state index is 13.5. The topological polar surface area (TPSA) is 158 Å². The van der Waals surface area contributed by atoms with Crippen LogP contribution in [-0.4, -0.2) is 49.6 Å². The van der Waals surface area contributed by atoms with Gasteiger partial charge in [-0.3, -0.25) is 14.4 Å². The van der Waals surface area contributed by atoms with E-state index >= 15 is 0 Å². The zero-order chi connectivity index (χ0) is 23.8. The number of benzene rings is 1. The molecule has 6 N–H and O–H groups in total. The average molecular weight is 470 g/mol. The minimum Gasteiger partial charge on any atom is -0.507 e. The van der Waals surface area contributed by atoms with Gasteiger partial charge in [0, 0.05) is 21.2 Å².